The Bertz CT molecular complexity index is 495. The summed E-state index contributed by atoms with van der Waals surface area (Å²) in [5, 5.41) is 14.0. The number of rotatable bonds is 4. The fourth-order valence-corrected chi connectivity index (χ4v) is 2.94. The van der Waals surface area contributed by atoms with Gasteiger partial charge in [-0.05, 0) is 43.5 Å². The molecular weight excluding hydrogens is 313 g/mol. The minimum Gasteiger partial charge on any atom is -0.388 e. The van der Waals surface area contributed by atoms with E-state index in [1.807, 2.05) is 6.92 Å². The van der Waals surface area contributed by atoms with Crippen LogP contribution in [0.1, 0.15) is 37.9 Å². The molecule has 116 valence electrons. The van der Waals surface area contributed by atoms with E-state index in [0.717, 1.165) is 12.8 Å². The summed E-state index contributed by atoms with van der Waals surface area (Å²) in [6.07, 6.45) is 0.604. The Labute approximate surface area is 134 Å². The molecule has 1 atom stereocenters. The Kier molecular flexibility index (Phi) is 5.49. The maximum Gasteiger partial charge on any atom is 0.223 e. The van der Waals surface area contributed by atoms with Crippen LogP contribution in [0.15, 0.2) is 18.2 Å². The summed E-state index contributed by atoms with van der Waals surface area (Å²) in [5.74, 6) is -0.192. The maximum atomic E-state index is 12.1. The first-order valence-corrected chi connectivity index (χ1v) is 7.66. The minimum absolute atomic E-state index is 0.0207. The lowest BCUT2D eigenvalue weighted by Gasteiger charge is -2.34. The van der Waals surface area contributed by atoms with Crippen molar-refractivity contribution in [2.75, 3.05) is 13.2 Å². The fourth-order valence-electron chi connectivity index (χ4n) is 2.40. The zero-order valence-electron chi connectivity index (χ0n) is 11.9. The average Bonchev–Trinajstić information content (AvgIpc) is 2.37. The molecule has 6 heteroatoms. The topological polar surface area (TPSA) is 58.6 Å². The van der Waals surface area contributed by atoms with Crippen molar-refractivity contribution in [3.8, 4) is 0 Å². The van der Waals surface area contributed by atoms with Crippen molar-refractivity contribution in [2.24, 2.45) is 0 Å². The van der Waals surface area contributed by atoms with Gasteiger partial charge in [0, 0.05) is 28.8 Å². The zero-order valence-corrected chi connectivity index (χ0v) is 13.4. The molecule has 0 bridgehead atoms. The molecule has 1 aromatic carbocycles. The number of amides is 1. The van der Waals surface area contributed by atoms with Gasteiger partial charge in [0.1, 0.15) is 0 Å². The van der Waals surface area contributed by atoms with Gasteiger partial charge in [-0.15, -0.1) is 0 Å². The van der Waals surface area contributed by atoms with Gasteiger partial charge in [0.2, 0.25) is 5.91 Å². The summed E-state index contributed by atoms with van der Waals surface area (Å²) in [7, 11) is 0. The van der Waals surface area contributed by atoms with Crippen molar-refractivity contribution in [3.63, 3.8) is 0 Å². The predicted octanol–water partition coefficient (Wildman–Crippen LogP) is 3.10. The second kappa shape index (κ2) is 6.97. The Balaban J connectivity index is 1.95. The first-order chi connectivity index (χ1) is 9.88. The van der Waals surface area contributed by atoms with E-state index >= 15 is 0 Å². The van der Waals surface area contributed by atoms with Gasteiger partial charge in [-0.2, -0.15) is 0 Å². The van der Waals surface area contributed by atoms with Crippen molar-refractivity contribution >= 4 is 29.1 Å². The van der Waals surface area contributed by atoms with E-state index in [-0.39, 0.29) is 17.9 Å². The maximum absolute atomic E-state index is 12.1. The molecule has 0 aliphatic carbocycles. The van der Waals surface area contributed by atoms with Crippen LogP contribution in [0.4, 0.5) is 0 Å². The molecular formula is C15H19Cl2NO3. The summed E-state index contributed by atoms with van der Waals surface area (Å²) in [6, 6.07) is 4.81. The van der Waals surface area contributed by atoms with Crippen LogP contribution in [-0.2, 0) is 9.53 Å². The van der Waals surface area contributed by atoms with Gasteiger partial charge in [-0.1, -0.05) is 23.2 Å². The highest BCUT2D eigenvalue weighted by Crippen LogP contribution is 2.26. The molecule has 0 radical (unpaired) electrons. The summed E-state index contributed by atoms with van der Waals surface area (Å²) in [4.78, 5) is 12.1. The molecule has 1 aromatic rings. The van der Waals surface area contributed by atoms with E-state index in [9.17, 15) is 9.90 Å². The predicted molar refractivity (Wildman–Crippen MR) is 82.6 cm³/mol. The van der Waals surface area contributed by atoms with Gasteiger partial charge >= 0.3 is 0 Å². The minimum atomic E-state index is -0.926. The van der Waals surface area contributed by atoms with E-state index < -0.39 is 6.10 Å². The second-order valence-corrected chi connectivity index (χ2v) is 6.52. The second-order valence-electron chi connectivity index (χ2n) is 5.64. The molecule has 2 N–H and O–H groups in total. The molecule has 1 aliphatic rings. The van der Waals surface area contributed by atoms with Gasteiger partial charge in [0.25, 0.3) is 0 Å². The lowest BCUT2D eigenvalue weighted by atomic mass is 9.92. The molecule has 2 rings (SSSR count). The fraction of sp³-hybridized carbons (Fsp3) is 0.533. The quantitative estimate of drug-likeness (QED) is 0.891. The van der Waals surface area contributed by atoms with Gasteiger partial charge in [0.05, 0.1) is 12.5 Å². The van der Waals surface area contributed by atoms with Gasteiger partial charge < -0.3 is 15.2 Å². The molecule has 1 aliphatic heterocycles. The molecule has 4 nitrogen and oxygen atoms in total. The smallest absolute Gasteiger partial charge is 0.223 e. The average molecular weight is 332 g/mol. The van der Waals surface area contributed by atoms with Crippen LogP contribution in [0.25, 0.3) is 0 Å². The van der Waals surface area contributed by atoms with Crippen LogP contribution in [0.2, 0.25) is 10.0 Å². The summed E-state index contributed by atoms with van der Waals surface area (Å²) < 4.78 is 5.29. The monoisotopic (exact) mass is 331 g/mol. The first-order valence-electron chi connectivity index (χ1n) is 6.91. The first kappa shape index (κ1) is 16.6. The van der Waals surface area contributed by atoms with Gasteiger partial charge in [-0.25, -0.2) is 0 Å². The van der Waals surface area contributed by atoms with Crippen molar-refractivity contribution < 1.29 is 14.6 Å². The summed E-state index contributed by atoms with van der Waals surface area (Å²) >= 11 is 11.8. The molecule has 1 unspecified atom stereocenters. The lowest BCUT2D eigenvalue weighted by Crippen LogP contribution is -2.49. The SMILES string of the molecule is CC1(NC(=O)CC(O)c2cc(Cl)cc(Cl)c2)CCOCC1. The van der Waals surface area contributed by atoms with Crippen molar-refractivity contribution in [2.45, 2.75) is 37.8 Å². The Morgan fingerprint density at radius 3 is 2.48 bits per heavy atom. The third kappa shape index (κ3) is 4.85. The summed E-state index contributed by atoms with van der Waals surface area (Å²) in [5.41, 5.74) is 0.279. The molecule has 0 aromatic heterocycles. The molecule has 0 spiro atoms. The largest absolute Gasteiger partial charge is 0.388 e. The van der Waals surface area contributed by atoms with Crippen LogP contribution >= 0.6 is 23.2 Å². The van der Waals surface area contributed by atoms with E-state index in [4.69, 9.17) is 27.9 Å². The normalized spacial score (nSPS) is 19.0. The number of hydrogen-bond acceptors (Lipinski definition) is 3. The van der Waals surface area contributed by atoms with Crippen LogP contribution in [0, 0.1) is 0 Å². The summed E-state index contributed by atoms with van der Waals surface area (Å²) in [6.45, 7) is 3.28. The van der Waals surface area contributed by atoms with Gasteiger partial charge in [0.15, 0.2) is 0 Å². The Morgan fingerprint density at radius 2 is 1.90 bits per heavy atom. The van der Waals surface area contributed by atoms with E-state index in [2.05, 4.69) is 5.32 Å². The zero-order chi connectivity index (χ0) is 15.5. The number of nitrogens with one attached hydrogen (secondary N) is 1. The Morgan fingerprint density at radius 1 is 1.33 bits per heavy atom. The highest BCUT2D eigenvalue weighted by atomic mass is 35.5. The van der Waals surface area contributed by atoms with Crippen molar-refractivity contribution in [1.82, 2.24) is 5.32 Å². The number of benzene rings is 1. The van der Waals surface area contributed by atoms with Crippen LogP contribution in [-0.4, -0.2) is 29.8 Å². The number of aliphatic hydroxyl groups is 1. The lowest BCUT2D eigenvalue weighted by molar-refractivity contribution is -0.126. The van der Waals surface area contributed by atoms with Crippen LogP contribution in [0.3, 0.4) is 0 Å². The van der Waals surface area contributed by atoms with E-state index in [1.54, 1.807) is 18.2 Å². The van der Waals surface area contributed by atoms with Crippen molar-refractivity contribution in [3.05, 3.63) is 33.8 Å². The number of carbonyl (C=O) groups is 1. The van der Waals surface area contributed by atoms with Crippen molar-refractivity contribution in [1.29, 1.82) is 0 Å². The number of hydrogen-bond donors (Lipinski definition) is 2. The third-order valence-corrected chi connectivity index (χ3v) is 4.12. The highest BCUT2D eigenvalue weighted by molar-refractivity contribution is 6.34. The number of ether oxygens (including phenoxy) is 1. The molecule has 0 saturated carbocycles. The van der Waals surface area contributed by atoms with Crippen LogP contribution in [0.5, 0.6) is 0 Å². The molecule has 1 heterocycles. The molecule has 1 fully saturated rings. The van der Waals surface area contributed by atoms with Gasteiger partial charge in [-0.3, -0.25) is 4.79 Å². The highest BCUT2D eigenvalue weighted by Gasteiger charge is 2.29. The third-order valence-electron chi connectivity index (χ3n) is 3.69. The number of carbonyl (C=O) groups excluding carboxylic acids is 1. The molecule has 1 saturated heterocycles. The van der Waals surface area contributed by atoms with E-state index in [1.165, 1.54) is 0 Å². The standard InChI is InChI=1S/C15H19Cl2NO3/c1-15(2-4-21-5-3-15)18-14(20)9-13(19)10-6-11(16)8-12(17)7-10/h6-8,13,19H,2-5,9H2,1H3,(H,18,20). The Hall–Kier alpha value is -0.810. The van der Waals surface area contributed by atoms with Crippen LogP contribution < -0.4 is 5.32 Å². The molecule has 21 heavy (non-hydrogen) atoms. The number of halogens is 2. The molecule has 1 amide bonds. The number of aliphatic hydroxyl groups excluding tert-OH is 1. The van der Waals surface area contributed by atoms with E-state index in [0.29, 0.717) is 28.8 Å².